The molecule has 6 bridgehead atoms. The molecule has 0 fully saturated rings. The summed E-state index contributed by atoms with van der Waals surface area (Å²) in [5.41, 5.74) is 4.78. The van der Waals surface area contributed by atoms with Crippen LogP contribution in [0.5, 0.6) is 5.75 Å². The van der Waals surface area contributed by atoms with Crippen molar-refractivity contribution >= 4 is 34.8 Å². The summed E-state index contributed by atoms with van der Waals surface area (Å²) in [6.45, 7) is 4.76. The molecule has 0 unspecified atom stereocenters. The molecular weight excluding hydrogens is 518 g/mol. The van der Waals surface area contributed by atoms with Gasteiger partial charge in [0.15, 0.2) is 0 Å². The first-order valence-corrected chi connectivity index (χ1v) is 13.1. The molecule has 0 spiro atoms. The van der Waals surface area contributed by atoms with E-state index in [1.54, 1.807) is 30.5 Å². The van der Waals surface area contributed by atoms with E-state index in [9.17, 15) is 9.59 Å². The molecule has 9 nitrogen and oxygen atoms in total. The van der Waals surface area contributed by atoms with Gasteiger partial charge in [-0.3, -0.25) is 9.59 Å². The average Bonchev–Trinajstić information content (AvgIpc) is 2.98. The van der Waals surface area contributed by atoms with E-state index < -0.39 is 0 Å². The van der Waals surface area contributed by atoms with Crippen LogP contribution in [0.3, 0.4) is 0 Å². The number of carbonyl (C=O) groups excluding carboxylic acids is 2. The lowest BCUT2D eigenvalue weighted by atomic mass is 10.1. The van der Waals surface area contributed by atoms with Crippen LogP contribution in [0.4, 0.5) is 23.0 Å². The molecule has 0 aliphatic carbocycles. The Balaban J connectivity index is 1.40. The number of ether oxygens (including phenoxy) is 2. The van der Waals surface area contributed by atoms with Gasteiger partial charge in [-0.05, 0) is 78.7 Å². The van der Waals surface area contributed by atoms with Crippen molar-refractivity contribution in [2.75, 3.05) is 29.2 Å². The monoisotopic (exact) mass is 547 g/mol. The Morgan fingerprint density at radius 2 is 1.83 bits per heavy atom. The third-order valence-electron chi connectivity index (χ3n) is 6.09. The third kappa shape index (κ3) is 7.65. The summed E-state index contributed by atoms with van der Waals surface area (Å²) in [5.74, 6) is 0.557. The summed E-state index contributed by atoms with van der Waals surface area (Å²) < 4.78 is 11.7. The van der Waals surface area contributed by atoms with E-state index >= 15 is 0 Å². The summed E-state index contributed by atoms with van der Waals surface area (Å²) in [5, 5.41) is 8.87. The Labute approximate surface area is 238 Å². The van der Waals surface area contributed by atoms with Gasteiger partial charge in [0, 0.05) is 34.4 Å². The van der Waals surface area contributed by atoms with Crippen molar-refractivity contribution < 1.29 is 19.1 Å². The number of anilines is 4. The zero-order valence-electron chi connectivity index (χ0n) is 22.3. The fourth-order valence-corrected chi connectivity index (χ4v) is 4.15. The number of amides is 2. The van der Waals surface area contributed by atoms with Gasteiger partial charge in [-0.15, -0.1) is 0 Å². The molecule has 3 N–H and O–H groups in total. The minimum absolute atomic E-state index is 0.298. The van der Waals surface area contributed by atoms with Crippen LogP contribution < -0.4 is 20.7 Å². The van der Waals surface area contributed by atoms with Crippen molar-refractivity contribution in [2.24, 2.45) is 0 Å². The van der Waals surface area contributed by atoms with E-state index in [0.717, 1.165) is 29.0 Å². The summed E-state index contributed by atoms with van der Waals surface area (Å²) in [4.78, 5) is 33.6. The molecule has 0 radical (unpaired) electrons. The highest BCUT2D eigenvalue weighted by atomic mass is 16.5. The quantitative estimate of drug-likeness (QED) is 0.208. The molecule has 5 rings (SSSR count). The summed E-state index contributed by atoms with van der Waals surface area (Å²) in [7, 11) is 0. The molecule has 0 saturated heterocycles. The minimum atomic E-state index is -0.322. The third-order valence-corrected chi connectivity index (χ3v) is 6.09. The van der Waals surface area contributed by atoms with E-state index in [0.29, 0.717) is 48.4 Å². The van der Waals surface area contributed by atoms with Crippen molar-refractivity contribution in [3.8, 4) is 17.0 Å². The van der Waals surface area contributed by atoms with Crippen LogP contribution in [0, 0.1) is 0 Å². The second-order valence-corrected chi connectivity index (χ2v) is 9.19. The van der Waals surface area contributed by atoms with Gasteiger partial charge in [-0.2, -0.15) is 0 Å². The van der Waals surface area contributed by atoms with Crippen molar-refractivity contribution in [3.05, 3.63) is 115 Å². The van der Waals surface area contributed by atoms with Gasteiger partial charge in [-0.1, -0.05) is 30.9 Å². The van der Waals surface area contributed by atoms with Crippen LogP contribution >= 0.6 is 0 Å². The van der Waals surface area contributed by atoms with Crippen molar-refractivity contribution in [2.45, 2.75) is 13.0 Å². The Hall–Kier alpha value is -5.28. The summed E-state index contributed by atoms with van der Waals surface area (Å²) in [6.07, 6.45) is 7.62. The molecule has 1 aromatic heterocycles. The molecule has 1 aliphatic heterocycles. The minimum Gasteiger partial charge on any atom is -0.493 e. The number of aromatic nitrogens is 2. The highest BCUT2D eigenvalue weighted by molar-refractivity contribution is 6.05. The second-order valence-electron chi connectivity index (χ2n) is 9.19. The molecule has 1 aliphatic rings. The number of rotatable bonds is 4. The molecule has 2 heterocycles. The lowest BCUT2D eigenvalue weighted by molar-refractivity contribution is -0.111. The van der Waals surface area contributed by atoms with Crippen LogP contribution in [-0.4, -0.2) is 35.0 Å². The lowest BCUT2D eigenvalue weighted by Crippen LogP contribution is -2.13. The molecule has 3 aromatic carbocycles. The van der Waals surface area contributed by atoms with Gasteiger partial charge in [0.1, 0.15) is 5.75 Å². The molecule has 9 heteroatoms. The second kappa shape index (κ2) is 13.2. The summed E-state index contributed by atoms with van der Waals surface area (Å²) in [6, 6.07) is 21.8. The standard InChI is InChI=1S/C32H29N5O4/c1-2-30(38)34-25-11-9-23(10-12-25)31(39)35-26-17-22-18-27(20-26)36-32-33-14-13-29(37-32)24-7-6-8-28(19-24)41-16-5-3-4-15-40-21-22/h2-4,6-14,17-20H,1,5,15-16,21H2,(H,34,38)(H,35,39)(H,33,36,37)/b4-3+. The van der Waals surface area contributed by atoms with Crippen LogP contribution in [0.2, 0.25) is 0 Å². The number of hydrogen-bond donors (Lipinski definition) is 3. The Morgan fingerprint density at radius 1 is 0.951 bits per heavy atom. The molecule has 0 atom stereocenters. The summed E-state index contributed by atoms with van der Waals surface area (Å²) >= 11 is 0. The van der Waals surface area contributed by atoms with Crippen LogP contribution in [0.1, 0.15) is 22.3 Å². The molecule has 206 valence electrons. The van der Waals surface area contributed by atoms with Gasteiger partial charge in [0.05, 0.1) is 25.5 Å². The fraction of sp³-hybridized carbons (Fsp3) is 0.125. The van der Waals surface area contributed by atoms with E-state index in [1.807, 2.05) is 60.7 Å². The van der Waals surface area contributed by atoms with E-state index in [1.165, 1.54) is 6.08 Å². The number of fused-ring (bicyclic) bond motifs is 7. The van der Waals surface area contributed by atoms with Crippen LogP contribution in [0.15, 0.2) is 104 Å². The first-order valence-electron chi connectivity index (χ1n) is 13.1. The molecule has 0 saturated carbocycles. The Bertz CT molecular complexity index is 1580. The maximum atomic E-state index is 13.0. The first kappa shape index (κ1) is 27.3. The van der Waals surface area contributed by atoms with Gasteiger partial charge in [0.2, 0.25) is 11.9 Å². The average molecular weight is 548 g/mol. The zero-order valence-corrected chi connectivity index (χ0v) is 22.3. The van der Waals surface area contributed by atoms with E-state index in [-0.39, 0.29) is 11.8 Å². The Kier molecular flexibility index (Phi) is 8.78. The highest BCUT2D eigenvalue weighted by Gasteiger charge is 2.11. The molecular formula is C32H29N5O4. The smallest absolute Gasteiger partial charge is 0.255 e. The number of carbonyl (C=O) groups is 2. The lowest BCUT2D eigenvalue weighted by Gasteiger charge is -2.13. The predicted molar refractivity (Wildman–Crippen MR) is 159 cm³/mol. The number of benzene rings is 3. The number of nitrogens with zero attached hydrogens (tertiary/aromatic N) is 2. The maximum absolute atomic E-state index is 13.0. The van der Waals surface area contributed by atoms with Crippen LogP contribution in [0.25, 0.3) is 11.3 Å². The van der Waals surface area contributed by atoms with E-state index in [4.69, 9.17) is 14.5 Å². The first-order chi connectivity index (χ1) is 20.1. The van der Waals surface area contributed by atoms with Gasteiger partial charge < -0.3 is 25.4 Å². The van der Waals surface area contributed by atoms with Gasteiger partial charge in [0.25, 0.3) is 5.91 Å². The van der Waals surface area contributed by atoms with Gasteiger partial charge >= 0.3 is 0 Å². The predicted octanol–water partition coefficient (Wildman–Crippen LogP) is 6.12. The largest absolute Gasteiger partial charge is 0.493 e. The van der Waals surface area contributed by atoms with Crippen molar-refractivity contribution in [1.82, 2.24) is 9.97 Å². The van der Waals surface area contributed by atoms with Crippen molar-refractivity contribution in [1.29, 1.82) is 0 Å². The SMILES string of the molecule is C=CC(=O)Nc1ccc(C(=O)Nc2cc3cc(c2)Nc2nccc(n2)-c2cccc(c2)OCC/C=C/COC3)cc1. The van der Waals surface area contributed by atoms with Gasteiger partial charge in [-0.25, -0.2) is 9.97 Å². The number of hydrogen-bond acceptors (Lipinski definition) is 7. The highest BCUT2D eigenvalue weighted by Crippen LogP contribution is 2.26. The molecule has 4 aromatic rings. The molecule has 41 heavy (non-hydrogen) atoms. The number of nitrogens with one attached hydrogen (secondary N) is 3. The Morgan fingerprint density at radius 3 is 2.68 bits per heavy atom. The molecule has 2 amide bonds. The van der Waals surface area contributed by atoms with Crippen molar-refractivity contribution in [3.63, 3.8) is 0 Å². The topological polar surface area (TPSA) is 114 Å². The van der Waals surface area contributed by atoms with Crippen LogP contribution in [-0.2, 0) is 16.1 Å². The fourth-order valence-electron chi connectivity index (χ4n) is 4.15. The maximum Gasteiger partial charge on any atom is 0.255 e. The zero-order chi connectivity index (χ0) is 28.4. The van der Waals surface area contributed by atoms with E-state index in [2.05, 4.69) is 27.5 Å². The normalized spacial score (nSPS) is 13.8.